The topological polar surface area (TPSA) is 17.0 Å². The van der Waals surface area contributed by atoms with Gasteiger partial charge in [-0.3, -0.25) is 0 Å². The molecule has 0 unspecified atom stereocenters. The lowest BCUT2D eigenvalue weighted by Gasteiger charge is -2.09. The van der Waals surface area contributed by atoms with Crippen LogP contribution in [-0.4, -0.2) is 4.57 Å². The molecule has 152 valence electrons. The maximum absolute atomic E-state index is 6.03. The Bertz CT molecular complexity index is 1290. The fourth-order valence-corrected chi connectivity index (χ4v) is 4.14. The summed E-state index contributed by atoms with van der Waals surface area (Å²) in [6.45, 7) is 0.857. The molecule has 2 nitrogen and oxygen atoms in total. The van der Waals surface area contributed by atoms with Crippen LogP contribution in [0, 0.1) is 0 Å². The lowest BCUT2D eigenvalue weighted by atomic mass is 10.0. The fourth-order valence-electron chi connectivity index (χ4n) is 4.02. The van der Waals surface area contributed by atoms with Crippen molar-refractivity contribution in [1.82, 2.24) is 4.57 Å². The van der Waals surface area contributed by atoms with Crippen LogP contribution in [0.2, 0.25) is 5.02 Å². The largest absolute Gasteiger partial charge is 0.356 e. The normalized spacial score (nSPS) is 11.0. The number of rotatable bonds is 6. The number of hydrogen-bond acceptors (Lipinski definition) is 1. The smallest absolute Gasteiger partial charge is 0.0487 e. The van der Waals surface area contributed by atoms with E-state index in [4.69, 9.17) is 11.6 Å². The molecule has 31 heavy (non-hydrogen) atoms. The molecule has 1 N–H and O–H groups in total. The molecule has 0 bridgehead atoms. The molecule has 0 atom stereocenters. The van der Waals surface area contributed by atoms with Crippen LogP contribution in [0.5, 0.6) is 0 Å². The standard InChI is InChI=1S/C28H23ClN2/c29-24-11-13-25(14-12-24)30-26-15-16-28-27(18-26)23(17-21-7-3-1-4-8-21)20-31(28)19-22-9-5-2-6-10-22/h1-16,18,20,30H,17,19H2. The second-order valence-corrected chi connectivity index (χ2v) is 8.23. The quantitative estimate of drug-likeness (QED) is 0.297. The van der Waals surface area contributed by atoms with Gasteiger partial charge in [0.1, 0.15) is 0 Å². The van der Waals surface area contributed by atoms with E-state index < -0.39 is 0 Å². The first kappa shape index (κ1) is 19.5. The zero-order valence-corrected chi connectivity index (χ0v) is 17.9. The summed E-state index contributed by atoms with van der Waals surface area (Å²) in [5.74, 6) is 0. The molecule has 5 rings (SSSR count). The molecule has 3 heteroatoms. The van der Waals surface area contributed by atoms with Gasteiger partial charge in [-0.2, -0.15) is 0 Å². The lowest BCUT2D eigenvalue weighted by molar-refractivity contribution is 0.832. The minimum Gasteiger partial charge on any atom is -0.356 e. The minimum absolute atomic E-state index is 0.740. The predicted molar refractivity (Wildman–Crippen MR) is 131 cm³/mol. The summed E-state index contributed by atoms with van der Waals surface area (Å²) in [5.41, 5.74) is 7.29. The van der Waals surface area contributed by atoms with Gasteiger partial charge in [-0.15, -0.1) is 0 Å². The molecule has 0 aliphatic carbocycles. The highest BCUT2D eigenvalue weighted by Gasteiger charge is 2.11. The summed E-state index contributed by atoms with van der Waals surface area (Å²) in [4.78, 5) is 0. The number of benzene rings is 4. The first-order chi connectivity index (χ1) is 15.2. The summed E-state index contributed by atoms with van der Waals surface area (Å²) in [6.07, 6.45) is 3.21. The van der Waals surface area contributed by atoms with Gasteiger partial charge in [0, 0.05) is 40.0 Å². The van der Waals surface area contributed by atoms with E-state index in [1.165, 1.54) is 27.6 Å². The van der Waals surface area contributed by atoms with E-state index in [-0.39, 0.29) is 0 Å². The SMILES string of the molecule is Clc1ccc(Nc2ccc3c(c2)c(Cc2ccccc2)cn3Cc2ccccc2)cc1. The van der Waals surface area contributed by atoms with Crippen molar-refractivity contribution in [2.75, 3.05) is 5.32 Å². The van der Waals surface area contributed by atoms with Gasteiger partial charge in [0.05, 0.1) is 0 Å². The van der Waals surface area contributed by atoms with Crippen LogP contribution in [0.15, 0.2) is 109 Å². The van der Waals surface area contributed by atoms with Gasteiger partial charge < -0.3 is 9.88 Å². The van der Waals surface area contributed by atoms with Crippen molar-refractivity contribution in [3.8, 4) is 0 Å². The molecule has 0 aliphatic rings. The predicted octanol–water partition coefficient (Wildman–Crippen LogP) is 7.68. The molecule has 1 heterocycles. The number of aromatic nitrogens is 1. The van der Waals surface area contributed by atoms with Gasteiger partial charge in [0.2, 0.25) is 0 Å². The highest BCUT2D eigenvalue weighted by atomic mass is 35.5. The van der Waals surface area contributed by atoms with E-state index in [2.05, 4.69) is 94.9 Å². The zero-order valence-electron chi connectivity index (χ0n) is 17.1. The van der Waals surface area contributed by atoms with Crippen molar-refractivity contribution in [1.29, 1.82) is 0 Å². The van der Waals surface area contributed by atoms with E-state index in [1.54, 1.807) is 0 Å². The Labute approximate surface area is 187 Å². The molecular weight excluding hydrogens is 400 g/mol. The van der Waals surface area contributed by atoms with E-state index >= 15 is 0 Å². The van der Waals surface area contributed by atoms with Crippen LogP contribution in [0.1, 0.15) is 16.7 Å². The fraction of sp³-hybridized carbons (Fsp3) is 0.0714. The lowest BCUT2D eigenvalue weighted by Crippen LogP contribution is -1.97. The van der Waals surface area contributed by atoms with Crippen LogP contribution < -0.4 is 5.32 Å². The van der Waals surface area contributed by atoms with Crippen LogP contribution >= 0.6 is 11.6 Å². The van der Waals surface area contributed by atoms with Gasteiger partial charge in [-0.1, -0.05) is 72.3 Å². The van der Waals surface area contributed by atoms with E-state index in [9.17, 15) is 0 Å². The maximum atomic E-state index is 6.03. The average Bonchev–Trinajstić information content (AvgIpc) is 3.13. The van der Waals surface area contributed by atoms with Gasteiger partial charge in [0.15, 0.2) is 0 Å². The highest BCUT2D eigenvalue weighted by Crippen LogP contribution is 2.29. The Morgan fingerprint density at radius 2 is 1.32 bits per heavy atom. The summed E-state index contributed by atoms with van der Waals surface area (Å²) in [6, 6.07) is 35.7. The molecular formula is C28H23ClN2. The van der Waals surface area contributed by atoms with E-state index in [0.29, 0.717) is 0 Å². The molecule has 0 saturated carbocycles. The van der Waals surface area contributed by atoms with Crippen LogP contribution in [0.3, 0.4) is 0 Å². The van der Waals surface area contributed by atoms with Crippen molar-refractivity contribution in [2.24, 2.45) is 0 Å². The molecule has 0 fully saturated rings. The number of nitrogens with zero attached hydrogens (tertiary/aromatic N) is 1. The summed E-state index contributed by atoms with van der Waals surface area (Å²) in [5, 5.41) is 5.52. The average molecular weight is 423 g/mol. The first-order valence-corrected chi connectivity index (χ1v) is 10.8. The van der Waals surface area contributed by atoms with Crippen molar-refractivity contribution in [2.45, 2.75) is 13.0 Å². The van der Waals surface area contributed by atoms with Gasteiger partial charge in [-0.05, 0) is 65.6 Å². The minimum atomic E-state index is 0.740. The molecule has 0 amide bonds. The molecule has 0 spiro atoms. The molecule has 5 aromatic rings. The molecule has 0 radical (unpaired) electrons. The van der Waals surface area contributed by atoms with Gasteiger partial charge in [0.25, 0.3) is 0 Å². The first-order valence-electron chi connectivity index (χ1n) is 10.5. The van der Waals surface area contributed by atoms with Crippen LogP contribution in [-0.2, 0) is 13.0 Å². The van der Waals surface area contributed by atoms with E-state index in [0.717, 1.165) is 29.4 Å². The molecule has 1 aromatic heterocycles. The number of anilines is 2. The Morgan fingerprint density at radius 3 is 2.03 bits per heavy atom. The van der Waals surface area contributed by atoms with Gasteiger partial charge in [-0.25, -0.2) is 0 Å². The third-order valence-corrected chi connectivity index (χ3v) is 5.78. The van der Waals surface area contributed by atoms with Crippen LogP contribution in [0.4, 0.5) is 11.4 Å². The number of halogens is 1. The summed E-state index contributed by atoms with van der Waals surface area (Å²) in [7, 11) is 0. The second kappa shape index (κ2) is 8.71. The van der Waals surface area contributed by atoms with Gasteiger partial charge >= 0.3 is 0 Å². The Balaban J connectivity index is 1.53. The third kappa shape index (κ3) is 4.50. The second-order valence-electron chi connectivity index (χ2n) is 7.79. The zero-order chi connectivity index (χ0) is 21.0. The number of fused-ring (bicyclic) bond motifs is 1. The molecule has 0 aliphatic heterocycles. The Kier molecular flexibility index (Phi) is 5.47. The van der Waals surface area contributed by atoms with E-state index in [1.807, 2.05) is 24.3 Å². The molecule has 0 saturated heterocycles. The summed E-state index contributed by atoms with van der Waals surface area (Å²) >= 11 is 6.03. The van der Waals surface area contributed by atoms with Crippen LogP contribution in [0.25, 0.3) is 10.9 Å². The highest BCUT2D eigenvalue weighted by molar-refractivity contribution is 6.30. The Hall–Kier alpha value is -3.49. The van der Waals surface area contributed by atoms with Crippen molar-refractivity contribution in [3.63, 3.8) is 0 Å². The third-order valence-electron chi connectivity index (χ3n) is 5.53. The van der Waals surface area contributed by atoms with Crippen molar-refractivity contribution >= 4 is 33.9 Å². The monoisotopic (exact) mass is 422 g/mol. The summed E-state index contributed by atoms with van der Waals surface area (Å²) < 4.78 is 2.36. The molecule has 4 aromatic carbocycles. The number of nitrogens with one attached hydrogen (secondary N) is 1. The van der Waals surface area contributed by atoms with Crippen molar-refractivity contribution in [3.05, 3.63) is 131 Å². The number of hydrogen-bond donors (Lipinski definition) is 1. The maximum Gasteiger partial charge on any atom is 0.0487 e. The Morgan fingerprint density at radius 1 is 0.677 bits per heavy atom. The van der Waals surface area contributed by atoms with Crippen molar-refractivity contribution < 1.29 is 0 Å².